The summed E-state index contributed by atoms with van der Waals surface area (Å²) < 4.78 is 0.587. The highest BCUT2D eigenvalue weighted by molar-refractivity contribution is 9.10. The average molecular weight is 266 g/mol. The molecule has 2 aromatic rings. The van der Waals surface area contributed by atoms with Crippen LogP contribution in [0.2, 0.25) is 0 Å². The molecule has 2 rings (SSSR count). The van der Waals surface area contributed by atoms with Gasteiger partial charge in [0.2, 0.25) is 5.43 Å². The first kappa shape index (κ1) is 10.4. The van der Waals surface area contributed by atoms with Crippen molar-refractivity contribution in [2.75, 3.05) is 0 Å². The first-order valence-corrected chi connectivity index (χ1v) is 5.81. The SMILES string of the molecule is CCCc1ccc2[nH]cc(Br)c(=O)c2c1. The molecular weight excluding hydrogens is 254 g/mol. The van der Waals surface area contributed by atoms with Gasteiger partial charge in [0.05, 0.1) is 4.47 Å². The van der Waals surface area contributed by atoms with E-state index in [2.05, 4.69) is 33.9 Å². The van der Waals surface area contributed by atoms with Gasteiger partial charge in [0.15, 0.2) is 0 Å². The van der Waals surface area contributed by atoms with Crippen molar-refractivity contribution in [2.45, 2.75) is 19.8 Å². The summed E-state index contributed by atoms with van der Waals surface area (Å²) in [6.07, 6.45) is 3.80. The Morgan fingerprint density at radius 2 is 2.20 bits per heavy atom. The highest BCUT2D eigenvalue weighted by atomic mass is 79.9. The maximum absolute atomic E-state index is 11.8. The van der Waals surface area contributed by atoms with Crippen LogP contribution >= 0.6 is 15.9 Å². The number of hydrogen-bond donors (Lipinski definition) is 1. The number of fused-ring (bicyclic) bond motifs is 1. The van der Waals surface area contributed by atoms with Crippen molar-refractivity contribution in [2.24, 2.45) is 0 Å². The topological polar surface area (TPSA) is 32.9 Å². The maximum atomic E-state index is 11.8. The number of aromatic nitrogens is 1. The van der Waals surface area contributed by atoms with Crippen LogP contribution in [-0.4, -0.2) is 4.98 Å². The Labute approximate surface area is 96.5 Å². The van der Waals surface area contributed by atoms with E-state index in [9.17, 15) is 4.79 Å². The van der Waals surface area contributed by atoms with Crippen LogP contribution in [0.5, 0.6) is 0 Å². The Balaban J connectivity index is 2.68. The van der Waals surface area contributed by atoms with Crippen molar-refractivity contribution in [1.82, 2.24) is 4.98 Å². The molecule has 0 atom stereocenters. The first-order chi connectivity index (χ1) is 7.22. The highest BCUT2D eigenvalue weighted by Gasteiger charge is 2.03. The average Bonchev–Trinajstić information content (AvgIpc) is 2.25. The number of H-pyrrole nitrogens is 1. The van der Waals surface area contributed by atoms with E-state index >= 15 is 0 Å². The number of aryl methyl sites for hydroxylation is 1. The van der Waals surface area contributed by atoms with E-state index < -0.39 is 0 Å². The Hall–Kier alpha value is -1.09. The lowest BCUT2D eigenvalue weighted by molar-refractivity contribution is 0.923. The third-order valence-corrected chi connectivity index (χ3v) is 3.03. The van der Waals surface area contributed by atoms with Crippen molar-refractivity contribution in [3.05, 3.63) is 44.7 Å². The number of nitrogens with one attached hydrogen (secondary N) is 1. The van der Waals surface area contributed by atoms with Gasteiger partial charge in [-0.25, -0.2) is 0 Å². The van der Waals surface area contributed by atoms with Crippen molar-refractivity contribution in [3.8, 4) is 0 Å². The molecule has 0 amide bonds. The zero-order valence-electron chi connectivity index (χ0n) is 8.51. The van der Waals surface area contributed by atoms with E-state index in [0.717, 1.165) is 23.7 Å². The summed E-state index contributed by atoms with van der Waals surface area (Å²) in [7, 11) is 0. The van der Waals surface area contributed by atoms with Gasteiger partial charge in [0.25, 0.3) is 0 Å². The van der Waals surface area contributed by atoms with Crippen LogP contribution in [0.4, 0.5) is 0 Å². The monoisotopic (exact) mass is 265 g/mol. The van der Waals surface area contributed by atoms with Gasteiger partial charge in [-0.1, -0.05) is 19.4 Å². The normalized spacial score (nSPS) is 10.8. The number of rotatable bonds is 2. The molecule has 15 heavy (non-hydrogen) atoms. The van der Waals surface area contributed by atoms with Crippen LogP contribution in [0.1, 0.15) is 18.9 Å². The fourth-order valence-corrected chi connectivity index (χ4v) is 2.01. The summed E-state index contributed by atoms with van der Waals surface area (Å²) in [6.45, 7) is 2.13. The molecule has 1 aromatic heterocycles. The minimum absolute atomic E-state index is 0.0571. The van der Waals surface area contributed by atoms with Crippen LogP contribution in [0.3, 0.4) is 0 Å². The summed E-state index contributed by atoms with van der Waals surface area (Å²) in [4.78, 5) is 14.9. The third-order valence-electron chi connectivity index (χ3n) is 2.44. The van der Waals surface area contributed by atoms with Crippen molar-refractivity contribution in [1.29, 1.82) is 0 Å². The molecule has 0 saturated heterocycles. The Kier molecular flexibility index (Phi) is 2.91. The molecule has 1 N–H and O–H groups in total. The molecule has 0 aliphatic carbocycles. The molecule has 0 aliphatic heterocycles. The van der Waals surface area contributed by atoms with Crippen LogP contribution in [0.25, 0.3) is 10.9 Å². The summed E-state index contributed by atoms with van der Waals surface area (Å²) in [5.74, 6) is 0. The van der Waals surface area contributed by atoms with Crippen LogP contribution in [-0.2, 0) is 6.42 Å². The largest absolute Gasteiger partial charge is 0.360 e. The zero-order valence-corrected chi connectivity index (χ0v) is 10.1. The number of aromatic amines is 1. The molecule has 0 radical (unpaired) electrons. The second kappa shape index (κ2) is 4.19. The number of benzene rings is 1. The molecule has 0 saturated carbocycles. The summed E-state index contributed by atoms with van der Waals surface area (Å²) in [5, 5.41) is 0.760. The number of halogens is 1. The second-order valence-electron chi connectivity index (χ2n) is 3.60. The van der Waals surface area contributed by atoms with Crippen LogP contribution in [0, 0.1) is 0 Å². The van der Waals surface area contributed by atoms with Gasteiger partial charge in [-0.15, -0.1) is 0 Å². The van der Waals surface area contributed by atoms with E-state index in [0.29, 0.717) is 4.47 Å². The molecule has 3 heteroatoms. The van der Waals surface area contributed by atoms with Crippen molar-refractivity contribution >= 4 is 26.8 Å². The van der Waals surface area contributed by atoms with Gasteiger partial charge >= 0.3 is 0 Å². The van der Waals surface area contributed by atoms with Crippen molar-refractivity contribution in [3.63, 3.8) is 0 Å². The molecule has 2 nitrogen and oxygen atoms in total. The molecule has 1 heterocycles. The lowest BCUT2D eigenvalue weighted by atomic mass is 10.1. The maximum Gasteiger partial charge on any atom is 0.203 e. The van der Waals surface area contributed by atoms with E-state index in [1.54, 1.807) is 6.20 Å². The smallest absolute Gasteiger partial charge is 0.203 e. The predicted molar refractivity (Wildman–Crippen MR) is 66.3 cm³/mol. The molecule has 1 aromatic carbocycles. The summed E-state index contributed by atoms with van der Waals surface area (Å²) in [6, 6.07) is 6.01. The molecule has 0 bridgehead atoms. The summed E-state index contributed by atoms with van der Waals surface area (Å²) in [5.41, 5.74) is 2.17. The van der Waals surface area contributed by atoms with Crippen molar-refractivity contribution < 1.29 is 0 Å². The van der Waals surface area contributed by atoms with E-state index in [-0.39, 0.29) is 5.43 Å². The molecule has 0 spiro atoms. The zero-order chi connectivity index (χ0) is 10.8. The third kappa shape index (κ3) is 1.97. The second-order valence-corrected chi connectivity index (χ2v) is 4.45. The number of pyridine rings is 1. The molecule has 0 aliphatic rings. The standard InChI is InChI=1S/C12H12BrNO/c1-2-3-8-4-5-11-9(6-8)12(15)10(13)7-14-11/h4-7H,2-3H2,1H3,(H,14,15). The Bertz CT molecular complexity index is 545. The van der Waals surface area contributed by atoms with E-state index in [4.69, 9.17) is 0 Å². The van der Waals surface area contributed by atoms with Crippen LogP contribution < -0.4 is 5.43 Å². The minimum atomic E-state index is 0.0571. The van der Waals surface area contributed by atoms with Gasteiger partial charge in [-0.2, -0.15) is 0 Å². The van der Waals surface area contributed by atoms with Gasteiger partial charge in [-0.3, -0.25) is 4.79 Å². The molecular formula is C12H12BrNO. The molecule has 78 valence electrons. The fourth-order valence-electron chi connectivity index (χ4n) is 1.68. The fraction of sp³-hybridized carbons (Fsp3) is 0.250. The van der Waals surface area contributed by atoms with Gasteiger partial charge in [0, 0.05) is 17.1 Å². The minimum Gasteiger partial charge on any atom is -0.360 e. The quantitative estimate of drug-likeness (QED) is 0.889. The first-order valence-electron chi connectivity index (χ1n) is 5.02. The highest BCUT2D eigenvalue weighted by Crippen LogP contribution is 2.14. The van der Waals surface area contributed by atoms with Gasteiger partial charge in [-0.05, 0) is 40.0 Å². The predicted octanol–water partition coefficient (Wildman–Crippen LogP) is 3.24. The van der Waals surface area contributed by atoms with E-state index in [1.807, 2.05) is 12.1 Å². The summed E-state index contributed by atoms with van der Waals surface area (Å²) >= 11 is 3.24. The van der Waals surface area contributed by atoms with Gasteiger partial charge in [0.1, 0.15) is 0 Å². The molecule has 0 unspecified atom stereocenters. The van der Waals surface area contributed by atoms with Crippen LogP contribution in [0.15, 0.2) is 33.7 Å². The van der Waals surface area contributed by atoms with E-state index in [1.165, 1.54) is 5.56 Å². The molecule has 0 fully saturated rings. The Morgan fingerprint density at radius 1 is 1.40 bits per heavy atom. The van der Waals surface area contributed by atoms with Gasteiger partial charge < -0.3 is 4.98 Å². The lowest BCUT2D eigenvalue weighted by Crippen LogP contribution is -2.03. The number of hydrogen-bond acceptors (Lipinski definition) is 1. The Morgan fingerprint density at radius 3 is 2.93 bits per heavy atom. The lowest BCUT2D eigenvalue weighted by Gasteiger charge is -2.02.